The Kier molecular flexibility index (Phi) is 8.35. The molecule has 1 amide bonds. The fraction of sp³-hybridized carbons (Fsp3) is 0.346. The number of hydrogen-bond acceptors (Lipinski definition) is 11. The van der Waals surface area contributed by atoms with Crippen LogP contribution in [-0.4, -0.2) is 47.8 Å². The number of anilines is 2. The van der Waals surface area contributed by atoms with Crippen molar-refractivity contribution in [2.75, 3.05) is 10.6 Å². The van der Waals surface area contributed by atoms with E-state index in [1.807, 2.05) is 12.1 Å². The molecule has 38 heavy (non-hydrogen) atoms. The Morgan fingerprint density at radius 2 is 1.34 bits per heavy atom. The summed E-state index contributed by atoms with van der Waals surface area (Å²) >= 11 is 2.69. The van der Waals surface area contributed by atoms with Gasteiger partial charge in [-0.3, -0.25) is 10.1 Å². The highest BCUT2D eigenvalue weighted by Gasteiger charge is 2.30. The number of aromatic nitrogens is 4. The van der Waals surface area contributed by atoms with Gasteiger partial charge in [0.15, 0.2) is 12.3 Å². The van der Waals surface area contributed by atoms with Crippen molar-refractivity contribution in [1.82, 2.24) is 20.4 Å². The van der Waals surface area contributed by atoms with Crippen LogP contribution in [0.25, 0.3) is 0 Å². The number of benzene rings is 2. The van der Waals surface area contributed by atoms with Crippen molar-refractivity contribution in [3.05, 3.63) is 81.8 Å². The minimum absolute atomic E-state index is 0.168. The summed E-state index contributed by atoms with van der Waals surface area (Å²) in [6.07, 6.45) is 0.135. The Hall–Kier alpha value is -3.29. The number of nitrogens with zero attached hydrogens (tertiary/aromatic N) is 4. The first-order valence-corrected chi connectivity index (χ1v) is 14.0. The van der Waals surface area contributed by atoms with E-state index < -0.39 is 24.3 Å². The van der Waals surface area contributed by atoms with E-state index >= 15 is 0 Å². The zero-order valence-electron chi connectivity index (χ0n) is 20.3. The van der Waals surface area contributed by atoms with E-state index in [1.165, 1.54) is 22.7 Å². The average molecular weight is 553 g/mol. The van der Waals surface area contributed by atoms with E-state index in [4.69, 9.17) is 0 Å². The second-order valence-corrected chi connectivity index (χ2v) is 11.2. The summed E-state index contributed by atoms with van der Waals surface area (Å²) < 4.78 is 0. The van der Waals surface area contributed by atoms with E-state index in [2.05, 4.69) is 31.0 Å². The lowest BCUT2D eigenvalue weighted by atomic mass is 9.82. The fourth-order valence-electron chi connectivity index (χ4n) is 4.54. The average Bonchev–Trinajstić information content (AvgIpc) is 3.63. The lowest BCUT2D eigenvalue weighted by Gasteiger charge is -2.25. The van der Waals surface area contributed by atoms with Gasteiger partial charge in [0, 0.05) is 11.8 Å². The third kappa shape index (κ3) is 6.22. The molecule has 1 saturated carbocycles. The Bertz CT molecular complexity index is 1340. The second kappa shape index (κ2) is 12.0. The third-order valence-corrected chi connectivity index (χ3v) is 8.58. The largest absolute Gasteiger partial charge is 0.384 e. The van der Waals surface area contributed by atoms with E-state index in [-0.39, 0.29) is 11.8 Å². The van der Waals surface area contributed by atoms with Crippen molar-refractivity contribution in [2.24, 2.45) is 0 Å². The van der Waals surface area contributed by atoms with Crippen molar-refractivity contribution in [3.63, 3.8) is 0 Å². The number of amides is 1. The Balaban J connectivity index is 1.18. The summed E-state index contributed by atoms with van der Waals surface area (Å²) in [5.41, 5.74) is 1.12. The van der Waals surface area contributed by atoms with Crippen LogP contribution in [0.4, 0.5) is 10.3 Å². The molecule has 5 atom stereocenters. The van der Waals surface area contributed by atoms with Gasteiger partial charge in [-0.05, 0) is 30.4 Å². The molecule has 1 fully saturated rings. The van der Waals surface area contributed by atoms with Crippen molar-refractivity contribution in [1.29, 1.82) is 0 Å². The molecule has 2 heterocycles. The zero-order valence-corrected chi connectivity index (χ0v) is 22.0. The number of carbonyl (C=O) groups is 1. The van der Waals surface area contributed by atoms with E-state index in [0.717, 1.165) is 35.7 Å². The standard InChI is InChI=1S/C26H28N6O4S2/c33-19(15-8-3-1-4-9-15)21(35)27-25-31-29-23(37-25)17-12-7-13-18(14-17)24-30-32-26(38-24)28-22(36)20(34)16-10-5-2-6-11-16/h1-6,8-11,17-21,33-35H,7,12-14H2,(H,27,31)(H,28,32,36). The van der Waals surface area contributed by atoms with Gasteiger partial charge in [0.05, 0.1) is 0 Å². The number of carbonyl (C=O) groups excluding carboxylic acids is 1. The summed E-state index contributed by atoms with van der Waals surface area (Å²) in [6.45, 7) is 0. The highest BCUT2D eigenvalue weighted by molar-refractivity contribution is 7.15. The molecular weight excluding hydrogens is 524 g/mol. The van der Waals surface area contributed by atoms with Crippen LogP contribution in [0.5, 0.6) is 0 Å². The van der Waals surface area contributed by atoms with Gasteiger partial charge in [-0.2, -0.15) is 0 Å². The highest BCUT2D eigenvalue weighted by Crippen LogP contribution is 2.43. The van der Waals surface area contributed by atoms with Crippen molar-refractivity contribution in [2.45, 2.75) is 56.0 Å². The molecule has 0 radical (unpaired) electrons. The molecule has 2 aromatic heterocycles. The molecule has 12 heteroatoms. The molecule has 2 aromatic carbocycles. The summed E-state index contributed by atoms with van der Waals surface area (Å²) in [5, 5.41) is 56.1. The molecule has 5 rings (SSSR count). The molecule has 0 aliphatic heterocycles. The van der Waals surface area contributed by atoms with Crippen LogP contribution in [0.15, 0.2) is 60.7 Å². The maximum absolute atomic E-state index is 12.5. The van der Waals surface area contributed by atoms with Gasteiger partial charge in [-0.25, -0.2) is 0 Å². The third-order valence-electron chi connectivity index (χ3n) is 6.56. The SMILES string of the molecule is O=C(Nc1nnc(C2CCCC(c3nnc(NC(O)C(O)c4ccccc4)s3)C2)s1)C(O)c1ccccc1. The van der Waals surface area contributed by atoms with Gasteiger partial charge in [-0.1, -0.05) is 89.8 Å². The molecule has 5 unspecified atom stereocenters. The van der Waals surface area contributed by atoms with Crippen LogP contribution in [-0.2, 0) is 4.79 Å². The van der Waals surface area contributed by atoms with E-state index in [1.54, 1.807) is 48.5 Å². The minimum Gasteiger partial charge on any atom is -0.384 e. The Labute approximate surface area is 227 Å². The quantitative estimate of drug-likeness (QED) is 0.194. The minimum atomic E-state index is -1.28. The molecule has 1 aliphatic carbocycles. The van der Waals surface area contributed by atoms with Crippen molar-refractivity contribution < 1.29 is 20.1 Å². The Morgan fingerprint density at radius 3 is 1.97 bits per heavy atom. The molecular formula is C26H28N6O4S2. The molecule has 0 spiro atoms. The maximum Gasteiger partial charge on any atom is 0.259 e. The summed E-state index contributed by atoms with van der Waals surface area (Å²) in [4.78, 5) is 12.5. The first-order valence-electron chi connectivity index (χ1n) is 12.4. The second-order valence-electron chi connectivity index (χ2n) is 9.20. The van der Waals surface area contributed by atoms with E-state index in [0.29, 0.717) is 21.4 Å². The predicted octanol–water partition coefficient (Wildman–Crippen LogP) is 3.97. The van der Waals surface area contributed by atoms with Gasteiger partial charge < -0.3 is 20.6 Å². The molecule has 4 aromatic rings. The summed E-state index contributed by atoms with van der Waals surface area (Å²) in [7, 11) is 0. The van der Waals surface area contributed by atoms with Crippen molar-refractivity contribution >= 4 is 38.8 Å². The summed E-state index contributed by atoms with van der Waals surface area (Å²) in [5.74, 6) is -0.199. The number of aliphatic hydroxyl groups is 3. The predicted molar refractivity (Wildman–Crippen MR) is 145 cm³/mol. The van der Waals surface area contributed by atoms with Crippen LogP contribution in [0.3, 0.4) is 0 Å². The van der Waals surface area contributed by atoms with Gasteiger partial charge in [-0.15, -0.1) is 20.4 Å². The smallest absolute Gasteiger partial charge is 0.259 e. The first-order chi connectivity index (χ1) is 18.5. The molecule has 198 valence electrons. The van der Waals surface area contributed by atoms with Crippen LogP contribution >= 0.6 is 22.7 Å². The van der Waals surface area contributed by atoms with Gasteiger partial charge in [0.2, 0.25) is 10.3 Å². The maximum atomic E-state index is 12.5. The topological polar surface area (TPSA) is 153 Å². The molecule has 1 aliphatic rings. The lowest BCUT2D eigenvalue weighted by Crippen LogP contribution is -2.26. The number of nitrogens with one attached hydrogen (secondary N) is 2. The zero-order chi connectivity index (χ0) is 26.5. The molecule has 0 bridgehead atoms. The van der Waals surface area contributed by atoms with Crippen molar-refractivity contribution in [3.8, 4) is 0 Å². The first kappa shape index (κ1) is 26.3. The van der Waals surface area contributed by atoms with Crippen LogP contribution < -0.4 is 10.6 Å². The fourth-order valence-corrected chi connectivity index (χ4v) is 6.36. The number of rotatable bonds is 9. The Morgan fingerprint density at radius 1 is 0.789 bits per heavy atom. The number of aliphatic hydroxyl groups excluding tert-OH is 3. The van der Waals surface area contributed by atoms with Crippen LogP contribution in [0.2, 0.25) is 0 Å². The molecule has 0 saturated heterocycles. The van der Waals surface area contributed by atoms with Crippen LogP contribution in [0.1, 0.15) is 70.9 Å². The van der Waals surface area contributed by atoms with E-state index in [9.17, 15) is 20.1 Å². The van der Waals surface area contributed by atoms with Gasteiger partial charge >= 0.3 is 0 Å². The monoisotopic (exact) mass is 552 g/mol. The summed E-state index contributed by atoms with van der Waals surface area (Å²) in [6, 6.07) is 17.7. The van der Waals surface area contributed by atoms with Gasteiger partial charge in [0.1, 0.15) is 16.1 Å². The highest BCUT2D eigenvalue weighted by atomic mass is 32.1. The normalized spacial score (nSPS) is 19.9. The lowest BCUT2D eigenvalue weighted by molar-refractivity contribution is -0.124. The number of hydrogen-bond donors (Lipinski definition) is 5. The van der Waals surface area contributed by atoms with Gasteiger partial charge in [0.25, 0.3) is 5.91 Å². The molecule has 10 nitrogen and oxygen atoms in total. The van der Waals surface area contributed by atoms with Crippen LogP contribution in [0, 0.1) is 0 Å². The molecule has 5 N–H and O–H groups in total.